The third kappa shape index (κ3) is 3.08. The first-order valence-corrected chi connectivity index (χ1v) is 8.93. The van der Waals surface area contributed by atoms with Gasteiger partial charge in [-0.15, -0.1) is 0 Å². The summed E-state index contributed by atoms with van der Waals surface area (Å²) in [4.78, 5) is 0. The Labute approximate surface area is 102 Å². The Balaban J connectivity index is 2.88. The van der Waals surface area contributed by atoms with Crippen LogP contribution in [0.25, 0.3) is 0 Å². The Hall–Kier alpha value is -0.283. The maximum Gasteiger partial charge on any atom is 0.250 e. The van der Waals surface area contributed by atoms with Gasteiger partial charge in [0.05, 0.1) is 4.47 Å². The second-order valence-electron chi connectivity index (χ2n) is 3.78. The van der Waals surface area contributed by atoms with Crippen molar-refractivity contribution in [1.82, 2.24) is 0 Å². The molecule has 0 aliphatic carbocycles. The van der Waals surface area contributed by atoms with E-state index >= 15 is 0 Å². The van der Waals surface area contributed by atoms with Crippen molar-refractivity contribution < 1.29 is 4.43 Å². The van der Waals surface area contributed by atoms with Crippen LogP contribution in [-0.4, -0.2) is 8.32 Å². The number of benzene rings is 1. The molecule has 0 radical (unpaired) electrons. The molecule has 1 aromatic carbocycles. The van der Waals surface area contributed by atoms with E-state index in [0.29, 0.717) is 0 Å². The Morgan fingerprint density at radius 1 is 1.07 bits per heavy atom. The molecule has 0 saturated heterocycles. The highest BCUT2D eigenvalue weighted by Gasteiger charge is 2.31. The fourth-order valence-electron chi connectivity index (χ4n) is 1.73. The van der Waals surface area contributed by atoms with Gasteiger partial charge in [0.1, 0.15) is 5.75 Å². The van der Waals surface area contributed by atoms with Gasteiger partial charge in [0.2, 0.25) is 0 Å². The zero-order chi connectivity index (χ0) is 11.3. The average Bonchev–Trinajstić information content (AvgIpc) is 2.29. The summed E-state index contributed by atoms with van der Waals surface area (Å²) < 4.78 is 7.34. The largest absolute Gasteiger partial charge is 0.543 e. The molecule has 1 rings (SSSR count). The van der Waals surface area contributed by atoms with Gasteiger partial charge in [-0.05, 0) is 46.2 Å². The van der Waals surface area contributed by atoms with Crippen molar-refractivity contribution in [2.75, 3.05) is 0 Å². The van der Waals surface area contributed by atoms with Gasteiger partial charge >= 0.3 is 0 Å². The fraction of sp³-hybridized carbons (Fsp3) is 0.500. The normalized spacial score (nSPS) is 11.5. The van der Waals surface area contributed by atoms with Crippen molar-refractivity contribution in [2.24, 2.45) is 0 Å². The summed E-state index contributed by atoms with van der Waals surface area (Å²) >= 11 is 3.53. The van der Waals surface area contributed by atoms with Crippen molar-refractivity contribution in [2.45, 2.75) is 38.9 Å². The summed E-state index contributed by atoms with van der Waals surface area (Å²) in [6.45, 7) is 6.74. The highest BCUT2D eigenvalue weighted by molar-refractivity contribution is 9.10. The van der Waals surface area contributed by atoms with Crippen LogP contribution in [0.3, 0.4) is 0 Å². The van der Waals surface area contributed by atoms with Gasteiger partial charge in [-0.25, -0.2) is 0 Å². The van der Waals surface area contributed by atoms with Crippen LogP contribution in [0.2, 0.25) is 18.1 Å². The minimum atomic E-state index is -1.52. The molecule has 0 aliphatic rings. The Bertz CT molecular complexity index is 302. The highest BCUT2D eigenvalue weighted by Crippen LogP contribution is 2.30. The van der Waals surface area contributed by atoms with E-state index in [1.807, 2.05) is 24.3 Å². The summed E-state index contributed by atoms with van der Waals surface area (Å²) in [6, 6.07) is 11.7. The summed E-state index contributed by atoms with van der Waals surface area (Å²) in [5, 5.41) is 0. The van der Waals surface area contributed by atoms with Crippen LogP contribution in [0, 0.1) is 0 Å². The topological polar surface area (TPSA) is 9.23 Å². The van der Waals surface area contributed by atoms with Crippen molar-refractivity contribution >= 4 is 24.2 Å². The SMILES string of the molecule is CC[Si](CC)(CC)Oc1ccccc1Br. The molecular formula is C12H19BrOSi. The van der Waals surface area contributed by atoms with E-state index in [9.17, 15) is 0 Å². The quantitative estimate of drug-likeness (QED) is 0.705. The van der Waals surface area contributed by atoms with Gasteiger partial charge < -0.3 is 4.43 Å². The van der Waals surface area contributed by atoms with Crippen molar-refractivity contribution in [3.05, 3.63) is 28.7 Å². The predicted molar refractivity (Wildman–Crippen MR) is 72.0 cm³/mol. The van der Waals surface area contributed by atoms with Crippen LogP contribution in [0.15, 0.2) is 28.7 Å². The Morgan fingerprint density at radius 3 is 2.07 bits per heavy atom. The van der Waals surface area contributed by atoms with Gasteiger partial charge in [0, 0.05) is 0 Å². The molecule has 1 nitrogen and oxygen atoms in total. The predicted octanol–water partition coefficient (Wildman–Crippen LogP) is 4.83. The van der Waals surface area contributed by atoms with Crippen molar-refractivity contribution in [1.29, 1.82) is 0 Å². The lowest BCUT2D eigenvalue weighted by Gasteiger charge is -2.29. The van der Waals surface area contributed by atoms with E-state index in [2.05, 4.69) is 36.7 Å². The van der Waals surface area contributed by atoms with Gasteiger partial charge in [-0.2, -0.15) is 0 Å². The molecule has 1 aromatic rings. The van der Waals surface area contributed by atoms with Crippen LogP contribution in [0.1, 0.15) is 20.8 Å². The molecule has 15 heavy (non-hydrogen) atoms. The molecular weight excluding hydrogens is 268 g/mol. The monoisotopic (exact) mass is 286 g/mol. The standard InChI is InChI=1S/C12H19BrOSi/c1-4-15(5-2,6-3)14-12-10-8-7-9-11(12)13/h7-10H,4-6H2,1-3H3. The van der Waals surface area contributed by atoms with E-state index in [4.69, 9.17) is 4.43 Å². The maximum atomic E-state index is 6.27. The van der Waals surface area contributed by atoms with E-state index in [1.54, 1.807) is 0 Å². The molecule has 0 bridgehead atoms. The van der Waals surface area contributed by atoms with Crippen LogP contribution < -0.4 is 4.43 Å². The minimum absolute atomic E-state index is 1.01. The average molecular weight is 287 g/mol. The summed E-state index contributed by atoms with van der Waals surface area (Å²) in [5.41, 5.74) is 0. The second kappa shape index (κ2) is 5.71. The number of hydrogen-bond donors (Lipinski definition) is 0. The molecule has 0 aliphatic heterocycles. The molecule has 0 aromatic heterocycles. The van der Waals surface area contributed by atoms with Gasteiger partial charge in [-0.3, -0.25) is 0 Å². The molecule has 3 heteroatoms. The zero-order valence-corrected chi connectivity index (χ0v) is 12.3. The maximum absolute atomic E-state index is 6.27. The third-order valence-electron chi connectivity index (χ3n) is 3.10. The van der Waals surface area contributed by atoms with Crippen LogP contribution in [0.4, 0.5) is 0 Å². The summed E-state index contributed by atoms with van der Waals surface area (Å²) in [5.74, 6) is 1.01. The second-order valence-corrected chi connectivity index (χ2v) is 9.32. The van der Waals surface area contributed by atoms with Gasteiger partial charge in [0.15, 0.2) is 0 Å². The summed E-state index contributed by atoms with van der Waals surface area (Å²) in [6.07, 6.45) is 0. The van der Waals surface area contributed by atoms with E-state index < -0.39 is 8.32 Å². The first-order chi connectivity index (χ1) is 7.17. The molecule has 0 unspecified atom stereocenters. The molecule has 0 saturated carbocycles. The van der Waals surface area contributed by atoms with Gasteiger partial charge in [-0.1, -0.05) is 32.9 Å². The molecule has 0 heterocycles. The van der Waals surface area contributed by atoms with Crippen LogP contribution in [0.5, 0.6) is 5.75 Å². The van der Waals surface area contributed by atoms with E-state index in [0.717, 1.165) is 10.2 Å². The van der Waals surface area contributed by atoms with Crippen LogP contribution in [-0.2, 0) is 0 Å². The molecule has 0 amide bonds. The number of para-hydroxylation sites is 1. The van der Waals surface area contributed by atoms with Crippen molar-refractivity contribution in [3.8, 4) is 5.75 Å². The molecule has 0 fully saturated rings. The third-order valence-corrected chi connectivity index (χ3v) is 8.27. The number of hydrogen-bond acceptors (Lipinski definition) is 1. The molecule has 84 valence electrons. The zero-order valence-electron chi connectivity index (χ0n) is 9.72. The Morgan fingerprint density at radius 2 is 1.60 bits per heavy atom. The smallest absolute Gasteiger partial charge is 0.250 e. The molecule has 0 N–H and O–H groups in total. The van der Waals surface area contributed by atoms with Gasteiger partial charge in [0.25, 0.3) is 8.32 Å². The number of halogens is 1. The lowest BCUT2D eigenvalue weighted by Crippen LogP contribution is -2.39. The Kier molecular flexibility index (Phi) is 4.86. The minimum Gasteiger partial charge on any atom is -0.543 e. The first kappa shape index (κ1) is 12.8. The summed E-state index contributed by atoms with van der Waals surface area (Å²) in [7, 11) is -1.52. The van der Waals surface area contributed by atoms with Crippen molar-refractivity contribution in [3.63, 3.8) is 0 Å². The number of rotatable bonds is 5. The lowest BCUT2D eigenvalue weighted by atomic mass is 10.3. The van der Waals surface area contributed by atoms with E-state index in [1.165, 1.54) is 18.1 Å². The fourth-order valence-corrected chi connectivity index (χ4v) is 4.82. The highest BCUT2D eigenvalue weighted by atomic mass is 79.9. The van der Waals surface area contributed by atoms with Crippen LogP contribution >= 0.6 is 15.9 Å². The lowest BCUT2D eigenvalue weighted by molar-refractivity contribution is 0.529. The molecule has 0 spiro atoms. The first-order valence-electron chi connectivity index (χ1n) is 5.61. The molecule has 0 atom stereocenters. The van der Waals surface area contributed by atoms with E-state index in [-0.39, 0.29) is 0 Å².